The molecule has 1 aromatic carbocycles. The van der Waals surface area contributed by atoms with Crippen molar-refractivity contribution in [3.8, 4) is 11.3 Å². The molecule has 0 atom stereocenters. The third-order valence-electron chi connectivity index (χ3n) is 2.28. The first kappa shape index (κ1) is 10.9. The fraction of sp³-hybridized carbons (Fsp3) is 0.0833. The molecule has 2 aromatic rings. The lowest BCUT2D eigenvalue weighted by atomic mass is 10.1. The molecule has 2 N–H and O–H groups in total. The zero-order chi connectivity index (χ0) is 11.7. The summed E-state index contributed by atoms with van der Waals surface area (Å²) in [6.07, 6.45) is 1.53. The Morgan fingerprint density at radius 1 is 1.31 bits per heavy atom. The van der Waals surface area contributed by atoms with Crippen LogP contribution in [0, 0.1) is 12.7 Å². The molecule has 0 aliphatic rings. The molecule has 2 nitrogen and oxygen atoms in total. The molecule has 82 valence electrons. The van der Waals surface area contributed by atoms with Gasteiger partial charge in [-0.05, 0) is 36.8 Å². The van der Waals surface area contributed by atoms with Gasteiger partial charge >= 0.3 is 0 Å². The normalized spacial score (nSPS) is 10.4. The first-order valence-corrected chi connectivity index (χ1v) is 5.13. The van der Waals surface area contributed by atoms with Crippen LogP contribution in [0.2, 0.25) is 5.02 Å². The van der Waals surface area contributed by atoms with Crippen molar-refractivity contribution in [2.45, 2.75) is 6.92 Å². The van der Waals surface area contributed by atoms with E-state index in [1.165, 1.54) is 24.4 Å². The minimum absolute atomic E-state index is 0.336. The first-order valence-electron chi connectivity index (χ1n) is 4.75. The van der Waals surface area contributed by atoms with Crippen LogP contribution in [0.5, 0.6) is 0 Å². The van der Waals surface area contributed by atoms with Crippen LogP contribution in [0.25, 0.3) is 11.3 Å². The predicted molar refractivity (Wildman–Crippen MR) is 63.8 cm³/mol. The topological polar surface area (TPSA) is 38.9 Å². The quantitative estimate of drug-likeness (QED) is 0.824. The second kappa shape index (κ2) is 4.10. The van der Waals surface area contributed by atoms with E-state index in [2.05, 4.69) is 4.98 Å². The molecule has 1 heterocycles. The van der Waals surface area contributed by atoms with Crippen molar-refractivity contribution in [2.75, 3.05) is 5.73 Å². The third-order valence-corrected chi connectivity index (χ3v) is 2.61. The number of aryl methyl sites for hydroxylation is 1. The summed E-state index contributed by atoms with van der Waals surface area (Å²) in [4.78, 5) is 4.17. The van der Waals surface area contributed by atoms with E-state index in [0.29, 0.717) is 22.0 Å². The fourth-order valence-corrected chi connectivity index (χ4v) is 1.76. The number of pyridine rings is 1. The van der Waals surface area contributed by atoms with Crippen LogP contribution in [-0.2, 0) is 0 Å². The Labute approximate surface area is 97.9 Å². The van der Waals surface area contributed by atoms with Crippen LogP contribution >= 0.6 is 11.6 Å². The highest BCUT2D eigenvalue weighted by Gasteiger charge is 2.09. The van der Waals surface area contributed by atoms with Gasteiger partial charge in [-0.15, -0.1) is 0 Å². The van der Waals surface area contributed by atoms with E-state index in [4.69, 9.17) is 17.3 Å². The molecule has 0 saturated carbocycles. The van der Waals surface area contributed by atoms with Gasteiger partial charge in [0.2, 0.25) is 0 Å². The molecular weight excluding hydrogens is 227 g/mol. The van der Waals surface area contributed by atoms with Gasteiger partial charge in [-0.3, -0.25) is 4.98 Å². The molecule has 16 heavy (non-hydrogen) atoms. The van der Waals surface area contributed by atoms with Gasteiger partial charge in [0.25, 0.3) is 0 Å². The molecule has 4 heteroatoms. The van der Waals surface area contributed by atoms with E-state index >= 15 is 0 Å². The van der Waals surface area contributed by atoms with Gasteiger partial charge in [0.05, 0.1) is 22.6 Å². The highest BCUT2D eigenvalue weighted by Crippen LogP contribution is 2.29. The van der Waals surface area contributed by atoms with E-state index in [9.17, 15) is 4.39 Å². The van der Waals surface area contributed by atoms with Crippen molar-refractivity contribution in [3.63, 3.8) is 0 Å². The van der Waals surface area contributed by atoms with Crippen LogP contribution in [0.4, 0.5) is 10.1 Å². The molecule has 0 aliphatic heterocycles. The molecule has 0 fully saturated rings. The number of nitrogen functional groups attached to an aromatic ring is 1. The Morgan fingerprint density at radius 2 is 2.06 bits per heavy atom. The second-order valence-electron chi connectivity index (χ2n) is 3.56. The summed E-state index contributed by atoms with van der Waals surface area (Å²) in [5.41, 5.74) is 8.28. The summed E-state index contributed by atoms with van der Waals surface area (Å²) in [5.74, 6) is -0.336. The van der Waals surface area contributed by atoms with Crippen LogP contribution in [0.3, 0.4) is 0 Å². The van der Waals surface area contributed by atoms with Gasteiger partial charge < -0.3 is 5.73 Å². The lowest BCUT2D eigenvalue weighted by Crippen LogP contribution is -1.93. The molecule has 0 unspecified atom stereocenters. The predicted octanol–water partition coefficient (Wildman–Crippen LogP) is 3.43. The lowest BCUT2D eigenvalue weighted by molar-refractivity contribution is 0.628. The van der Waals surface area contributed by atoms with E-state index in [1.807, 2.05) is 6.92 Å². The minimum atomic E-state index is -0.336. The Kier molecular flexibility index (Phi) is 2.79. The van der Waals surface area contributed by atoms with Gasteiger partial charge in [-0.25, -0.2) is 4.39 Å². The van der Waals surface area contributed by atoms with Crippen LogP contribution in [0.15, 0.2) is 30.5 Å². The van der Waals surface area contributed by atoms with Crippen molar-refractivity contribution in [2.24, 2.45) is 0 Å². The molecule has 0 spiro atoms. The largest absolute Gasteiger partial charge is 0.397 e. The molecule has 0 amide bonds. The molecule has 2 rings (SSSR count). The van der Waals surface area contributed by atoms with Crippen molar-refractivity contribution < 1.29 is 4.39 Å². The zero-order valence-electron chi connectivity index (χ0n) is 8.67. The minimum Gasteiger partial charge on any atom is -0.397 e. The zero-order valence-corrected chi connectivity index (χ0v) is 9.42. The number of hydrogen-bond acceptors (Lipinski definition) is 2. The Balaban J connectivity index is 2.62. The maximum atomic E-state index is 13.1. The van der Waals surface area contributed by atoms with Crippen LogP contribution in [-0.4, -0.2) is 4.98 Å². The number of nitrogens with two attached hydrogens (primary N) is 1. The maximum absolute atomic E-state index is 13.1. The number of anilines is 1. The van der Waals surface area contributed by atoms with Gasteiger partial charge in [-0.1, -0.05) is 11.6 Å². The Morgan fingerprint density at radius 3 is 2.75 bits per heavy atom. The number of aromatic nitrogens is 1. The van der Waals surface area contributed by atoms with Crippen molar-refractivity contribution in [3.05, 3.63) is 46.9 Å². The van der Waals surface area contributed by atoms with Gasteiger partial charge in [0, 0.05) is 5.56 Å². The number of halogens is 2. The molecule has 0 bridgehead atoms. The monoisotopic (exact) mass is 236 g/mol. The third kappa shape index (κ3) is 1.99. The second-order valence-corrected chi connectivity index (χ2v) is 3.97. The van der Waals surface area contributed by atoms with Gasteiger partial charge in [0.1, 0.15) is 5.82 Å². The summed E-state index contributed by atoms with van der Waals surface area (Å²) in [6, 6.07) is 5.99. The maximum Gasteiger partial charge on any atom is 0.123 e. The first-order chi connectivity index (χ1) is 7.58. The average molecular weight is 237 g/mol. The van der Waals surface area contributed by atoms with Gasteiger partial charge in [-0.2, -0.15) is 0 Å². The highest BCUT2D eigenvalue weighted by atomic mass is 35.5. The van der Waals surface area contributed by atoms with Crippen molar-refractivity contribution in [1.29, 1.82) is 0 Å². The van der Waals surface area contributed by atoms with E-state index in [0.717, 1.165) is 5.56 Å². The number of rotatable bonds is 1. The van der Waals surface area contributed by atoms with Crippen LogP contribution < -0.4 is 5.73 Å². The summed E-state index contributed by atoms with van der Waals surface area (Å²) >= 11 is 6.00. The molecular formula is C12H10ClFN2. The average Bonchev–Trinajstić information content (AvgIpc) is 2.22. The molecule has 0 radical (unpaired) electrons. The molecule has 0 aliphatic carbocycles. The van der Waals surface area contributed by atoms with E-state index in [1.54, 1.807) is 6.07 Å². The number of hydrogen-bond donors (Lipinski definition) is 1. The smallest absolute Gasteiger partial charge is 0.123 e. The summed E-state index contributed by atoms with van der Waals surface area (Å²) < 4.78 is 13.1. The van der Waals surface area contributed by atoms with Crippen molar-refractivity contribution in [1.82, 2.24) is 4.98 Å². The number of benzene rings is 1. The summed E-state index contributed by atoms with van der Waals surface area (Å²) in [5, 5.41) is 0.474. The highest BCUT2D eigenvalue weighted by molar-refractivity contribution is 6.33. The summed E-state index contributed by atoms with van der Waals surface area (Å²) in [7, 11) is 0. The number of nitrogens with zero attached hydrogens (tertiary/aromatic N) is 1. The summed E-state index contributed by atoms with van der Waals surface area (Å²) in [6.45, 7) is 1.86. The van der Waals surface area contributed by atoms with E-state index < -0.39 is 0 Å². The molecule has 1 aromatic heterocycles. The SMILES string of the molecule is Cc1cc(N)cnc1-c1cc(F)ccc1Cl. The van der Waals surface area contributed by atoms with Crippen molar-refractivity contribution >= 4 is 17.3 Å². The molecule has 0 saturated heterocycles. The standard InChI is InChI=1S/C12H10ClFN2/c1-7-4-9(15)6-16-12(7)10-5-8(14)2-3-11(10)13/h2-6H,15H2,1H3. The Bertz CT molecular complexity index is 541. The Hall–Kier alpha value is -1.61. The van der Waals surface area contributed by atoms with Gasteiger partial charge in [0.15, 0.2) is 0 Å². The fourth-order valence-electron chi connectivity index (χ4n) is 1.56. The van der Waals surface area contributed by atoms with E-state index in [-0.39, 0.29) is 5.82 Å². The lowest BCUT2D eigenvalue weighted by Gasteiger charge is -2.07. The van der Waals surface area contributed by atoms with Crippen LogP contribution in [0.1, 0.15) is 5.56 Å².